The van der Waals surface area contributed by atoms with Gasteiger partial charge in [-0.3, -0.25) is 62.9 Å². The molecule has 1 saturated heterocycles. The van der Waals surface area contributed by atoms with Crippen molar-refractivity contribution in [3.8, 4) is 5.75 Å². The molecular weight excluding hydrogens is 1310 g/mol. The number of carboxylic acids is 2. The summed E-state index contributed by atoms with van der Waals surface area (Å²) in [5.74, 6) is -13.7. The molecule has 3 aromatic rings. The van der Waals surface area contributed by atoms with Crippen molar-refractivity contribution in [1.82, 2.24) is 63.4 Å². The summed E-state index contributed by atoms with van der Waals surface area (Å²) in [6, 6.07) is 7.31. The number of aliphatic hydroxyl groups excluding tert-OH is 2. The Hall–Kier alpha value is -9.97. The van der Waals surface area contributed by atoms with Gasteiger partial charge in [0.1, 0.15) is 54.1 Å². The number of carbonyl (C=O) groups is 13. The first-order chi connectivity index (χ1) is 47.0. The number of unbranched alkanes of at least 4 members (excludes halogenated alkanes) is 1. The number of carboxylic acid groups (broad SMARTS) is 2. The molecule has 0 aromatic heterocycles. The van der Waals surface area contributed by atoms with Crippen LogP contribution in [0.4, 0.5) is 0 Å². The van der Waals surface area contributed by atoms with E-state index in [2.05, 4.69) is 71.1 Å². The van der Waals surface area contributed by atoms with E-state index in [0.717, 1.165) is 11.8 Å². The molecule has 0 aliphatic carbocycles. The Morgan fingerprint density at radius 2 is 1.00 bits per heavy atom. The lowest BCUT2D eigenvalue weighted by Gasteiger charge is -2.32. The summed E-state index contributed by atoms with van der Waals surface area (Å²) in [6.45, 7) is 1.07. The lowest BCUT2D eigenvalue weighted by Crippen LogP contribution is -2.62. The first-order valence-corrected chi connectivity index (χ1v) is 32.7. The second-order valence-corrected chi connectivity index (χ2v) is 24.0. The van der Waals surface area contributed by atoms with E-state index in [1.807, 2.05) is 0 Å². The highest BCUT2D eigenvalue weighted by Gasteiger charge is 2.42. The first kappa shape index (κ1) is 81.5. The number of nitrogens with zero attached hydrogens (tertiary/aromatic N) is 1. The van der Waals surface area contributed by atoms with Crippen LogP contribution in [-0.2, 0) is 81.6 Å². The van der Waals surface area contributed by atoms with Gasteiger partial charge in [-0.25, -0.2) is 4.79 Å². The summed E-state index contributed by atoms with van der Waals surface area (Å²) in [5.41, 5.74) is 18.1. The van der Waals surface area contributed by atoms with Crippen LogP contribution in [-0.4, -0.2) is 224 Å². The van der Waals surface area contributed by atoms with Crippen molar-refractivity contribution in [2.75, 3.05) is 38.5 Å². The van der Waals surface area contributed by atoms with E-state index in [9.17, 15) is 87.9 Å². The second kappa shape index (κ2) is 42.0. The maximum absolute atomic E-state index is 14.9. The highest BCUT2D eigenvalue weighted by Crippen LogP contribution is 2.21. The van der Waals surface area contributed by atoms with E-state index < -0.39 is 181 Å². The minimum Gasteiger partial charge on any atom is -0.508 e. The van der Waals surface area contributed by atoms with Gasteiger partial charge >= 0.3 is 11.9 Å². The van der Waals surface area contributed by atoms with Crippen molar-refractivity contribution in [1.29, 1.82) is 5.41 Å². The van der Waals surface area contributed by atoms with Crippen LogP contribution < -0.4 is 75.7 Å². The number of hydrogen-bond acceptors (Lipinski definition) is 20. The van der Waals surface area contributed by atoms with Gasteiger partial charge in [-0.2, -0.15) is 12.6 Å². The molecule has 34 nitrogen and oxygen atoms in total. The second-order valence-electron chi connectivity index (χ2n) is 23.6. The topological polar surface area (TPSA) is 561 Å². The lowest BCUT2D eigenvalue weighted by molar-refractivity contribution is -0.146. The molecule has 3 aromatic carbocycles. The molecule has 1 aliphatic heterocycles. The predicted molar refractivity (Wildman–Crippen MR) is 360 cm³/mol. The Kier molecular flexibility index (Phi) is 34.5. The highest BCUT2D eigenvalue weighted by molar-refractivity contribution is 7.80. The Bertz CT molecular complexity index is 3250. The molecule has 1 aliphatic rings. The van der Waals surface area contributed by atoms with Crippen LogP contribution in [0.3, 0.4) is 0 Å². The van der Waals surface area contributed by atoms with Gasteiger partial charge in [0, 0.05) is 44.5 Å². The van der Waals surface area contributed by atoms with E-state index in [0.29, 0.717) is 29.5 Å². The number of nitrogens with two attached hydrogens (primary N) is 3. The van der Waals surface area contributed by atoms with E-state index >= 15 is 0 Å². The van der Waals surface area contributed by atoms with Gasteiger partial charge in [-0.1, -0.05) is 72.8 Å². The maximum Gasteiger partial charge on any atom is 0.328 e. The van der Waals surface area contributed by atoms with E-state index in [1.54, 1.807) is 60.7 Å². The van der Waals surface area contributed by atoms with Gasteiger partial charge in [0.2, 0.25) is 65.0 Å². The monoisotopic (exact) mass is 1400 g/mol. The predicted octanol–water partition coefficient (Wildman–Crippen LogP) is -5.12. The summed E-state index contributed by atoms with van der Waals surface area (Å²) in [4.78, 5) is 178. The number of thiol groups is 1. The minimum absolute atomic E-state index is 0.00268. The van der Waals surface area contributed by atoms with Gasteiger partial charge in [-0.15, -0.1) is 0 Å². The number of aromatic hydroxyl groups is 1. The van der Waals surface area contributed by atoms with Crippen LogP contribution in [0.2, 0.25) is 0 Å². The molecular formula is C64H92N16O18S. The number of benzene rings is 3. The van der Waals surface area contributed by atoms with E-state index in [4.69, 9.17) is 22.6 Å². The molecule has 23 N–H and O–H groups in total. The first-order valence-electron chi connectivity index (χ1n) is 32.1. The lowest BCUT2D eigenvalue weighted by atomic mass is 10.0. The Morgan fingerprint density at radius 1 is 0.556 bits per heavy atom. The summed E-state index contributed by atoms with van der Waals surface area (Å²) >= 11 is 3.94. The zero-order valence-corrected chi connectivity index (χ0v) is 55.8. The number of guanidine groups is 1. The fourth-order valence-corrected chi connectivity index (χ4v) is 10.5. The fraction of sp³-hybridized carbons (Fsp3) is 0.500. The third-order valence-corrected chi connectivity index (χ3v) is 16.1. The number of aliphatic hydroxyl groups is 2. The minimum atomic E-state index is -1.78. The van der Waals surface area contributed by atoms with Crippen LogP contribution in [0.1, 0.15) is 88.3 Å². The standard InChI is InChI=1S/C64H92N16O18S/c1-35(81)52(62(96)80-28-12-19-48(80)61(95)75-43(17-9-10-26-65)57(91)79-53(36(2)82)63(97)98)78-60(94)47(31-39-20-22-40(83)23-21-39)77-59(93)46(30-38-15-7-4-8-16-38)76-58(92)45(29-37-13-5-3-6-14-37)73-50(85)33-71-55(89)42(18-11-27-69-64(67)68)74-56(90)44(24-25-51(86)87)72-49(84)32-70-54(88)41(66)34-99/h3-8,13-16,20-23,35-36,41-48,52-53,81-83,99H,9-12,17-19,24-34,65-66H2,1-2H3,(H,70,88)(H,71,89)(H,72,84)(H,73,85)(H,74,90)(H,75,95)(H,76,92)(H,77,93)(H,78,94)(H,79,91)(H,86,87)(H,97,98)(H4,67,68,69)/t35-,36-,41+,42+,43+,44+,45+,46+,47+,48+,52+,53+/m1/s1. The molecule has 99 heavy (non-hydrogen) atoms. The fourth-order valence-electron chi connectivity index (χ4n) is 10.3. The third kappa shape index (κ3) is 28.6. The smallest absolute Gasteiger partial charge is 0.328 e. The van der Waals surface area contributed by atoms with Crippen molar-refractivity contribution < 1.29 is 87.9 Å². The largest absolute Gasteiger partial charge is 0.508 e. The summed E-state index contributed by atoms with van der Waals surface area (Å²) in [6.07, 6.45) is -4.04. The number of hydrogen-bond donors (Lipinski definition) is 21. The van der Waals surface area contributed by atoms with Gasteiger partial charge in [0.15, 0.2) is 12.0 Å². The van der Waals surface area contributed by atoms with Crippen LogP contribution >= 0.6 is 12.6 Å². The molecule has 0 unspecified atom stereocenters. The van der Waals surface area contributed by atoms with Crippen molar-refractivity contribution in [2.24, 2.45) is 17.2 Å². The van der Waals surface area contributed by atoms with E-state index in [-0.39, 0.29) is 82.5 Å². The molecule has 0 spiro atoms. The van der Waals surface area contributed by atoms with Gasteiger partial charge in [0.05, 0.1) is 31.3 Å². The Labute approximate surface area is 576 Å². The molecule has 0 saturated carbocycles. The number of carbonyl (C=O) groups excluding carboxylic acids is 11. The number of phenolic OH excluding ortho intramolecular Hbond substituents is 1. The Morgan fingerprint density at radius 3 is 1.51 bits per heavy atom. The number of rotatable bonds is 42. The third-order valence-electron chi connectivity index (χ3n) is 15.7. The van der Waals surface area contributed by atoms with Crippen LogP contribution in [0, 0.1) is 5.41 Å². The van der Waals surface area contributed by atoms with Gasteiger partial charge < -0.3 is 106 Å². The zero-order valence-electron chi connectivity index (χ0n) is 54.9. The van der Waals surface area contributed by atoms with Crippen LogP contribution in [0.5, 0.6) is 5.75 Å². The SMILES string of the molecule is C[C@@H](O)[C@H](NC(=O)[C@H](CCCCN)NC(=O)[C@@H]1CCCN1C(=O)[C@@H](NC(=O)[C@H](Cc1ccc(O)cc1)NC(=O)[C@H](Cc1ccccc1)NC(=O)[C@H](Cc1ccccc1)NC(=O)CNC(=O)[C@H](CCCNC(=N)N)NC(=O)[C@H](CCC(=O)O)NC(=O)CNC(=O)[C@@H](N)CS)[C@@H](C)O)C(=O)O. The molecule has 12 atom stereocenters. The summed E-state index contributed by atoms with van der Waals surface area (Å²) in [5, 5.41) is 85.3. The number of aliphatic carboxylic acids is 2. The van der Waals surface area contributed by atoms with Gasteiger partial charge in [0.25, 0.3) is 0 Å². The number of amides is 11. The van der Waals surface area contributed by atoms with Crippen LogP contribution in [0.15, 0.2) is 84.9 Å². The number of nitrogens with one attached hydrogen (secondary N) is 12. The van der Waals surface area contributed by atoms with Gasteiger partial charge in [-0.05, 0) is 101 Å². The average molecular weight is 1410 g/mol. The highest BCUT2D eigenvalue weighted by atomic mass is 32.1. The molecule has 1 heterocycles. The summed E-state index contributed by atoms with van der Waals surface area (Å²) in [7, 11) is 0. The molecule has 11 amide bonds. The summed E-state index contributed by atoms with van der Waals surface area (Å²) < 4.78 is 0. The molecule has 0 radical (unpaired) electrons. The van der Waals surface area contributed by atoms with Crippen molar-refractivity contribution in [3.05, 3.63) is 102 Å². The zero-order chi connectivity index (χ0) is 73.3. The van der Waals surface area contributed by atoms with Crippen molar-refractivity contribution in [3.63, 3.8) is 0 Å². The van der Waals surface area contributed by atoms with Crippen molar-refractivity contribution in [2.45, 2.75) is 164 Å². The molecule has 35 heteroatoms. The Balaban J connectivity index is 1.62. The van der Waals surface area contributed by atoms with Crippen molar-refractivity contribution >= 4 is 95.5 Å². The maximum atomic E-state index is 14.9. The molecule has 0 bridgehead atoms. The van der Waals surface area contributed by atoms with Crippen LogP contribution in [0.25, 0.3) is 0 Å². The molecule has 542 valence electrons. The number of phenols is 1. The number of likely N-dealkylation sites (tertiary alicyclic amines) is 1. The molecule has 4 rings (SSSR count). The normalized spacial score (nSPS) is 15.9. The van der Waals surface area contributed by atoms with E-state index in [1.165, 1.54) is 31.2 Å². The average Bonchev–Trinajstić information content (AvgIpc) is 1.76. The quantitative estimate of drug-likeness (QED) is 0.0109. The molecule has 1 fully saturated rings.